The van der Waals surface area contributed by atoms with E-state index < -0.39 is 11.9 Å². The van der Waals surface area contributed by atoms with Gasteiger partial charge < -0.3 is 25.1 Å². The lowest BCUT2D eigenvalue weighted by Gasteiger charge is -2.16. The Morgan fingerprint density at radius 3 is 2.41 bits per heavy atom. The van der Waals surface area contributed by atoms with Crippen LogP contribution in [0.1, 0.15) is 35.1 Å². The smallest absolute Gasteiger partial charge is 0.308 e. The van der Waals surface area contributed by atoms with Crippen LogP contribution in [0.25, 0.3) is 11.1 Å². The molecule has 0 spiro atoms. The fraction of sp³-hybridized carbons (Fsp3) is 0.267. The van der Waals surface area contributed by atoms with E-state index in [2.05, 4.69) is 15.6 Å². The molecule has 1 saturated heterocycles. The molecule has 2 heterocycles. The van der Waals surface area contributed by atoms with Gasteiger partial charge in [0.15, 0.2) is 5.58 Å². The van der Waals surface area contributed by atoms with Gasteiger partial charge in [-0.25, -0.2) is 0 Å². The summed E-state index contributed by atoms with van der Waals surface area (Å²) < 4.78 is 5.91. The predicted molar refractivity (Wildman–Crippen MR) is 148 cm³/mol. The number of para-hydroxylation sites is 1. The summed E-state index contributed by atoms with van der Waals surface area (Å²) in [5.41, 5.74) is 6.63. The summed E-state index contributed by atoms with van der Waals surface area (Å²) in [6.45, 7) is 6.05. The summed E-state index contributed by atoms with van der Waals surface area (Å²) in [6, 6.07) is 19.1. The number of hydrogen-bond donors (Lipinski definition) is 3. The average Bonchev–Trinajstić information content (AvgIpc) is 3.51. The first-order chi connectivity index (χ1) is 18.7. The van der Waals surface area contributed by atoms with Gasteiger partial charge in [0.1, 0.15) is 5.52 Å². The van der Waals surface area contributed by atoms with E-state index in [0.29, 0.717) is 29.3 Å². The van der Waals surface area contributed by atoms with Gasteiger partial charge in [-0.15, -0.1) is 0 Å². The first kappa shape index (κ1) is 26.0. The molecule has 3 N–H and O–H groups in total. The Labute approximate surface area is 225 Å². The Bertz CT molecular complexity index is 1540. The van der Waals surface area contributed by atoms with Crippen molar-refractivity contribution in [3.63, 3.8) is 0 Å². The molecule has 5 rings (SSSR count). The van der Waals surface area contributed by atoms with Crippen LogP contribution in [-0.2, 0) is 20.8 Å². The van der Waals surface area contributed by atoms with E-state index in [9.17, 15) is 19.5 Å². The Balaban J connectivity index is 1.23. The number of aryl methyl sites for hydroxylation is 2. The van der Waals surface area contributed by atoms with Gasteiger partial charge in [0.05, 0.1) is 12.3 Å². The minimum atomic E-state index is -0.918. The molecular weight excluding hydrogens is 496 g/mol. The third kappa shape index (κ3) is 5.62. The molecular formula is C30H30N4O5. The van der Waals surface area contributed by atoms with Crippen molar-refractivity contribution < 1.29 is 23.9 Å². The topological polar surface area (TPSA) is 125 Å². The molecule has 2 atom stereocenters. The third-order valence-corrected chi connectivity index (χ3v) is 7.24. The number of nitrogens with one attached hydrogen (secondary N) is 2. The monoisotopic (exact) mass is 526 g/mol. The van der Waals surface area contributed by atoms with E-state index in [0.717, 1.165) is 27.9 Å². The molecule has 0 saturated carbocycles. The molecule has 1 aliphatic rings. The van der Waals surface area contributed by atoms with E-state index in [4.69, 9.17) is 4.42 Å². The fourth-order valence-electron chi connectivity index (χ4n) is 5.10. The van der Waals surface area contributed by atoms with Crippen molar-refractivity contribution in [3.05, 3.63) is 82.9 Å². The number of fused-ring (bicyclic) bond motifs is 1. The molecule has 0 aliphatic carbocycles. The molecule has 9 nitrogen and oxygen atoms in total. The van der Waals surface area contributed by atoms with Crippen molar-refractivity contribution in [2.24, 2.45) is 5.92 Å². The first-order valence-electron chi connectivity index (χ1n) is 12.8. The van der Waals surface area contributed by atoms with Gasteiger partial charge in [-0.2, -0.15) is 4.98 Å². The zero-order valence-corrected chi connectivity index (χ0v) is 22.0. The Morgan fingerprint density at radius 1 is 1.03 bits per heavy atom. The van der Waals surface area contributed by atoms with E-state index in [1.54, 1.807) is 17.0 Å². The number of aliphatic carboxylic acids is 1. The Morgan fingerprint density at radius 2 is 1.74 bits per heavy atom. The number of nitrogens with zero attached hydrogens (tertiary/aromatic N) is 2. The molecule has 0 radical (unpaired) electrons. The quantitative estimate of drug-likeness (QED) is 0.309. The standard InChI is InChI=1S/C30H30N4O5/c1-17-5-4-6-18(2)28(17)33-30-32-25-12-7-20(13-26(25)39-30)14-27(36)31-22-10-8-21(9-11-22)23-15-34(19(3)35)16-24(23)29(37)38/h4-13,23-24H,14-16H2,1-3H3,(H,31,36)(H,32,33)(H,37,38). The molecule has 2 unspecified atom stereocenters. The summed E-state index contributed by atoms with van der Waals surface area (Å²) in [5, 5.41) is 15.7. The lowest BCUT2D eigenvalue weighted by Crippen LogP contribution is -2.27. The van der Waals surface area contributed by atoms with Crippen molar-refractivity contribution in [2.45, 2.75) is 33.1 Å². The Kier molecular flexibility index (Phi) is 7.06. The highest BCUT2D eigenvalue weighted by Gasteiger charge is 2.39. The van der Waals surface area contributed by atoms with Crippen LogP contribution in [0.15, 0.2) is 65.1 Å². The van der Waals surface area contributed by atoms with Crippen molar-refractivity contribution in [1.82, 2.24) is 9.88 Å². The SMILES string of the molecule is CC(=O)N1CC(C(=O)O)C(c2ccc(NC(=O)Cc3ccc4nc(Nc5c(C)cccc5C)oc4c3)cc2)C1. The van der Waals surface area contributed by atoms with E-state index >= 15 is 0 Å². The average molecular weight is 527 g/mol. The second-order valence-corrected chi connectivity index (χ2v) is 10.0. The van der Waals surface area contributed by atoms with Crippen LogP contribution in [-0.4, -0.2) is 45.9 Å². The number of amides is 2. The number of anilines is 3. The predicted octanol–water partition coefficient (Wildman–Crippen LogP) is 5.02. The summed E-state index contributed by atoms with van der Waals surface area (Å²) in [4.78, 5) is 42.3. The number of carboxylic acid groups (broad SMARTS) is 1. The molecule has 4 aromatic rings. The minimum Gasteiger partial charge on any atom is -0.481 e. The maximum absolute atomic E-state index is 12.7. The zero-order valence-electron chi connectivity index (χ0n) is 22.0. The molecule has 1 aromatic heterocycles. The first-order valence-corrected chi connectivity index (χ1v) is 12.8. The second kappa shape index (κ2) is 10.6. The molecule has 39 heavy (non-hydrogen) atoms. The molecule has 9 heteroatoms. The number of benzene rings is 3. The number of carbonyl (C=O) groups excluding carboxylic acids is 2. The highest BCUT2D eigenvalue weighted by molar-refractivity contribution is 5.93. The van der Waals surface area contributed by atoms with Gasteiger partial charge in [-0.1, -0.05) is 36.4 Å². The second-order valence-electron chi connectivity index (χ2n) is 10.0. The molecule has 1 aliphatic heterocycles. The minimum absolute atomic E-state index is 0.134. The molecule has 1 fully saturated rings. The summed E-state index contributed by atoms with van der Waals surface area (Å²) in [7, 11) is 0. The summed E-state index contributed by atoms with van der Waals surface area (Å²) in [5.74, 6) is -2.19. The number of rotatable bonds is 7. The molecule has 0 bridgehead atoms. The highest BCUT2D eigenvalue weighted by atomic mass is 16.4. The van der Waals surface area contributed by atoms with Gasteiger partial charge in [0, 0.05) is 37.3 Å². The van der Waals surface area contributed by atoms with E-state index in [-0.39, 0.29) is 30.7 Å². The van der Waals surface area contributed by atoms with Gasteiger partial charge in [0.2, 0.25) is 11.8 Å². The fourth-order valence-corrected chi connectivity index (χ4v) is 5.10. The third-order valence-electron chi connectivity index (χ3n) is 7.24. The van der Waals surface area contributed by atoms with Gasteiger partial charge >= 0.3 is 5.97 Å². The van der Waals surface area contributed by atoms with Crippen LogP contribution in [0.2, 0.25) is 0 Å². The lowest BCUT2D eigenvalue weighted by molar-refractivity contribution is -0.141. The number of aromatic nitrogens is 1. The van der Waals surface area contributed by atoms with Crippen molar-refractivity contribution in [1.29, 1.82) is 0 Å². The van der Waals surface area contributed by atoms with Crippen LogP contribution in [0.4, 0.5) is 17.4 Å². The van der Waals surface area contributed by atoms with Crippen molar-refractivity contribution in [2.75, 3.05) is 23.7 Å². The van der Waals surface area contributed by atoms with Crippen molar-refractivity contribution in [3.8, 4) is 0 Å². The van der Waals surface area contributed by atoms with Gasteiger partial charge in [-0.3, -0.25) is 14.4 Å². The maximum Gasteiger partial charge on any atom is 0.308 e. The Hall–Kier alpha value is -4.66. The van der Waals surface area contributed by atoms with E-state index in [1.165, 1.54) is 6.92 Å². The maximum atomic E-state index is 12.7. The van der Waals surface area contributed by atoms with Crippen molar-refractivity contribution >= 4 is 46.3 Å². The summed E-state index contributed by atoms with van der Waals surface area (Å²) >= 11 is 0. The van der Waals surface area contributed by atoms with Crippen LogP contribution in [0, 0.1) is 19.8 Å². The number of likely N-dealkylation sites (tertiary alicyclic amines) is 1. The van der Waals surface area contributed by atoms with E-state index in [1.807, 2.05) is 62.4 Å². The largest absolute Gasteiger partial charge is 0.481 e. The van der Waals surface area contributed by atoms with Gasteiger partial charge in [0.25, 0.3) is 6.01 Å². The number of oxazole rings is 1. The van der Waals surface area contributed by atoms with Crippen LogP contribution >= 0.6 is 0 Å². The number of carbonyl (C=O) groups is 3. The molecule has 2 amide bonds. The molecule has 3 aromatic carbocycles. The van der Waals surface area contributed by atoms with Crippen LogP contribution in [0.3, 0.4) is 0 Å². The van der Waals surface area contributed by atoms with Gasteiger partial charge in [-0.05, 0) is 60.4 Å². The van der Waals surface area contributed by atoms with Crippen LogP contribution < -0.4 is 10.6 Å². The zero-order chi connectivity index (χ0) is 27.7. The highest BCUT2D eigenvalue weighted by Crippen LogP contribution is 2.34. The number of carboxylic acids is 1. The molecule has 200 valence electrons. The van der Waals surface area contributed by atoms with Crippen LogP contribution in [0.5, 0.6) is 0 Å². The number of hydrogen-bond acceptors (Lipinski definition) is 6. The summed E-state index contributed by atoms with van der Waals surface area (Å²) in [6.07, 6.45) is 0.148. The lowest BCUT2D eigenvalue weighted by atomic mass is 9.89. The normalized spacial score (nSPS) is 16.8.